The Bertz CT molecular complexity index is 466. The summed E-state index contributed by atoms with van der Waals surface area (Å²) in [6, 6.07) is 0.458. The lowest BCUT2D eigenvalue weighted by Crippen LogP contribution is -2.07. The molecule has 1 aromatic heterocycles. The van der Waals surface area contributed by atoms with Gasteiger partial charge in [-0.15, -0.1) is 0 Å². The predicted octanol–water partition coefficient (Wildman–Crippen LogP) is 2.28. The molecule has 0 radical (unpaired) electrons. The minimum Gasteiger partial charge on any atom is -0.478 e. The summed E-state index contributed by atoms with van der Waals surface area (Å²) in [6.07, 6.45) is -3.18. The molecule has 0 saturated heterocycles. The van der Waals surface area contributed by atoms with Crippen molar-refractivity contribution in [1.29, 1.82) is 0 Å². The molecule has 1 heterocycles. The summed E-state index contributed by atoms with van der Waals surface area (Å²) in [7, 11) is 0. The van der Waals surface area contributed by atoms with Gasteiger partial charge in [0.2, 0.25) is 5.15 Å². The van der Waals surface area contributed by atoms with Crippen molar-refractivity contribution in [1.82, 2.24) is 4.98 Å². The lowest BCUT2D eigenvalue weighted by molar-refractivity contribution is -0.385. The van der Waals surface area contributed by atoms with Gasteiger partial charge in [-0.25, -0.2) is 18.6 Å². The molecular formula is C7H3ClF2N2O4. The van der Waals surface area contributed by atoms with Crippen molar-refractivity contribution in [2.45, 2.75) is 6.43 Å². The Hall–Kier alpha value is -1.83. The van der Waals surface area contributed by atoms with Crippen molar-refractivity contribution < 1.29 is 23.6 Å². The van der Waals surface area contributed by atoms with E-state index in [0.717, 1.165) is 0 Å². The molecule has 6 nitrogen and oxygen atoms in total. The number of carboxylic acid groups (broad SMARTS) is 1. The zero-order chi connectivity index (χ0) is 12.5. The molecule has 0 spiro atoms. The second kappa shape index (κ2) is 4.35. The first-order chi connectivity index (χ1) is 7.34. The fourth-order valence-corrected chi connectivity index (χ4v) is 1.17. The minimum absolute atomic E-state index is 0.458. The summed E-state index contributed by atoms with van der Waals surface area (Å²) < 4.78 is 24.7. The number of hydrogen-bond acceptors (Lipinski definition) is 4. The number of aromatic nitrogens is 1. The van der Waals surface area contributed by atoms with Gasteiger partial charge in [-0.05, 0) is 0 Å². The van der Waals surface area contributed by atoms with E-state index in [1.807, 2.05) is 0 Å². The maximum atomic E-state index is 12.3. The van der Waals surface area contributed by atoms with E-state index in [-0.39, 0.29) is 0 Å². The third-order valence-corrected chi connectivity index (χ3v) is 1.90. The average molecular weight is 253 g/mol. The molecule has 16 heavy (non-hydrogen) atoms. The Morgan fingerprint density at radius 3 is 2.56 bits per heavy atom. The highest BCUT2D eigenvalue weighted by Crippen LogP contribution is 2.29. The Labute approximate surface area is 91.6 Å². The van der Waals surface area contributed by atoms with Gasteiger partial charge >= 0.3 is 11.7 Å². The lowest BCUT2D eigenvalue weighted by Gasteiger charge is -2.04. The van der Waals surface area contributed by atoms with E-state index in [2.05, 4.69) is 4.98 Å². The van der Waals surface area contributed by atoms with Crippen molar-refractivity contribution in [3.63, 3.8) is 0 Å². The number of pyridine rings is 1. The van der Waals surface area contributed by atoms with Crippen molar-refractivity contribution in [2.75, 3.05) is 0 Å². The van der Waals surface area contributed by atoms with E-state index in [1.54, 1.807) is 0 Å². The molecule has 0 aromatic carbocycles. The highest BCUT2D eigenvalue weighted by Gasteiger charge is 2.26. The van der Waals surface area contributed by atoms with Crippen molar-refractivity contribution in [2.24, 2.45) is 0 Å². The summed E-state index contributed by atoms with van der Waals surface area (Å²) in [6.45, 7) is 0. The standard InChI is InChI=1S/C7H3ClF2N2O4/c8-5-3(12(15)16)1-2(7(13)14)4(11-5)6(9)10/h1,6H,(H,13,14). The Morgan fingerprint density at radius 1 is 1.62 bits per heavy atom. The van der Waals surface area contributed by atoms with Crippen molar-refractivity contribution in [3.8, 4) is 0 Å². The van der Waals surface area contributed by atoms with Crippen LogP contribution in [0.5, 0.6) is 0 Å². The fraction of sp³-hybridized carbons (Fsp3) is 0.143. The second-order valence-corrected chi connectivity index (χ2v) is 2.95. The fourth-order valence-electron chi connectivity index (χ4n) is 0.959. The number of aromatic carboxylic acids is 1. The number of carbonyl (C=O) groups is 1. The molecule has 1 rings (SSSR count). The van der Waals surface area contributed by atoms with Gasteiger partial charge in [-0.1, -0.05) is 11.6 Å². The smallest absolute Gasteiger partial charge is 0.338 e. The maximum Gasteiger partial charge on any atom is 0.338 e. The molecular weight excluding hydrogens is 250 g/mol. The molecule has 1 aromatic rings. The normalized spacial score (nSPS) is 10.5. The van der Waals surface area contributed by atoms with Crippen LogP contribution < -0.4 is 0 Å². The minimum atomic E-state index is -3.18. The van der Waals surface area contributed by atoms with Gasteiger partial charge in [0.1, 0.15) is 5.69 Å². The van der Waals surface area contributed by atoms with Gasteiger partial charge in [0.25, 0.3) is 6.43 Å². The SMILES string of the molecule is O=C(O)c1cc([N+](=O)[O-])c(Cl)nc1C(F)F. The molecule has 86 valence electrons. The highest BCUT2D eigenvalue weighted by atomic mass is 35.5. The zero-order valence-electron chi connectivity index (χ0n) is 7.35. The summed E-state index contributed by atoms with van der Waals surface area (Å²) in [4.78, 5) is 23.0. The monoisotopic (exact) mass is 252 g/mol. The van der Waals surface area contributed by atoms with Gasteiger partial charge in [0, 0.05) is 6.07 Å². The number of carboxylic acids is 1. The Kier molecular flexibility index (Phi) is 3.33. The van der Waals surface area contributed by atoms with Crippen LogP contribution in [0.4, 0.5) is 14.5 Å². The van der Waals surface area contributed by atoms with Gasteiger partial charge in [0.05, 0.1) is 10.5 Å². The van der Waals surface area contributed by atoms with Crippen LogP contribution in [0.3, 0.4) is 0 Å². The first kappa shape index (κ1) is 12.2. The molecule has 1 N–H and O–H groups in total. The van der Waals surface area contributed by atoms with Gasteiger partial charge in [-0.2, -0.15) is 0 Å². The van der Waals surface area contributed by atoms with Crippen LogP contribution >= 0.6 is 11.6 Å². The Balaban J connectivity index is 3.49. The molecule has 0 fully saturated rings. The van der Waals surface area contributed by atoms with Crippen LogP contribution in [0, 0.1) is 10.1 Å². The third-order valence-electron chi connectivity index (χ3n) is 1.62. The molecule has 0 amide bonds. The molecule has 0 aliphatic rings. The molecule has 0 aliphatic heterocycles. The average Bonchev–Trinajstić information content (AvgIpc) is 2.15. The summed E-state index contributed by atoms with van der Waals surface area (Å²) in [5, 5.41) is 18.2. The van der Waals surface area contributed by atoms with Crippen LogP contribution in [0.15, 0.2) is 6.07 Å². The zero-order valence-corrected chi connectivity index (χ0v) is 8.11. The molecule has 9 heteroatoms. The van der Waals surface area contributed by atoms with Crippen LogP contribution in [-0.4, -0.2) is 21.0 Å². The number of alkyl halides is 2. The quantitative estimate of drug-likeness (QED) is 0.506. The van der Waals surface area contributed by atoms with E-state index in [9.17, 15) is 23.7 Å². The highest BCUT2D eigenvalue weighted by molar-refractivity contribution is 6.31. The lowest BCUT2D eigenvalue weighted by atomic mass is 10.2. The number of hydrogen-bond donors (Lipinski definition) is 1. The number of nitro groups is 1. The molecule has 0 bridgehead atoms. The molecule has 0 unspecified atom stereocenters. The third kappa shape index (κ3) is 2.22. The summed E-state index contributed by atoms with van der Waals surface area (Å²) in [5.74, 6) is -1.73. The van der Waals surface area contributed by atoms with E-state index in [0.29, 0.717) is 6.07 Å². The van der Waals surface area contributed by atoms with Gasteiger partial charge in [-0.3, -0.25) is 10.1 Å². The topological polar surface area (TPSA) is 93.3 Å². The maximum absolute atomic E-state index is 12.3. The van der Waals surface area contributed by atoms with Crippen LogP contribution in [-0.2, 0) is 0 Å². The van der Waals surface area contributed by atoms with Gasteiger partial charge < -0.3 is 5.11 Å². The molecule has 0 aliphatic carbocycles. The van der Waals surface area contributed by atoms with E-state index >= 15 is 0 Å². The van der Waals surface area contributed by atoms with Crippen molar-refractivity contribution >= 4 is 23.3 Å². The number of rotatable bonds is 3. The largest absolute Gasteiger partial charge is 0.478 e. The van der Waals surface area contributed by atoms with Crippen LogP contribution in [0.2, 0.25) is 5.15 Å². The van der Waals surface area contributed by atoms with Crippen LogP contribution in [0.25, 0.3) is 0 Å². The second-order valence-electron chi connectivity index (χ2n) is 2.59. The van der Waals surface area contributed by atoms with E-state index < -0.39 is 39.4 Å². The summed E-state index contributed by atoms with van der Waals surface area (Å²) in [5.41, 5.74) is -2.86. The first-order valence-electron chi connectivity index (χ1n) is 3.71. The summed E-state index contributed by atoms with van der Waals surface area (Å²) >= 11 is 5.27. The van der Waals surface area contributed by atoms with E-state index in [1.165, 1.54) is 0 Å². The van der Waals surface area contributed by atoms with Crippen LogP contribution in [0.1, 0.15) is 22.5 Å². The molecule has 0 atom stereocenters. The van der Waals surface area contributed by atoms with E-state index in [4.69, 9.17) is 16.7 Å². The first-order valence-corrected chi connectivity index (χ1v) is 4.08. The Morgan fingerprint density at radius 2 is 2.19 bits per heavy atom. The number of nitrogens with zero attached hydrogens (tertiary/aromatic N) is 2. The number of halogens is 3. The van der Waals surface area contributed by atoms with Gasteiger partial charge in [0.15, 0.2) is 0 Å². The van der Waals surface area contributed by atoms with Crippen molar-refractivity contribution in [3.05, 3.63) is 32.6 Å². The molecule has 0 saturated carbocycles. The predicted molar refractivity (Wildman–Crippen MR) is 47.8 cm³/mol.